The Hall–Kier alpha value is -1.38. The predicted molar refractivity (Wildman–Crippen MR) is 63.0 cm³/mol. The van der Waals surface area contributed by atoms with Crippen molar-refractivity contribution in [2.45, 2.75) is 25.3 Å². The number of hydrogen-bond donors (Lipinski definition) is 2. The molecule has 1 amide bonds. The van der Waals surface area contributed by atoms with Gasteiger partial charge in [0, 0.05) is 0 Å². The summed E-state index contributed by atoms with van der Waals surface area (Å²) in [4.78, 5) is 11.9. The molecule has 2 rings (SSSR count). The standard InChI is InChI=1S/C11H13N3OS/c1-11(13,8-2-3-8)10(15)14-9-7(6-12)4-5-16-9/h4-5,8H,2-3,13H2,1H3,(H,14,15). The van der Waals surface area contributed by atoms with E-state index in [0.29, 0.717) is 10.6 Å². The molecule has 0 saturated heterocycles. The molecule has 0 spiro atoms. The van der Waals surface area contributed by atoms with E-state index >= 15 is 0 Å². The normalized spacial score (nSPS) is 18.6. The average Bonchev–Trinajstić information content (AvgIpc) is 3.01. The Morgan fingerprint density at radius 3 is 3.00 bits per heavy atom. The maximum Gasteiger partial charge on any atom is 0.245 e. The molecular weight excluding hydrogens is 222 g/mol. The maximum atomic E-state index is 11.9. The lowest BCUT2D eigenvalue weighted by molar-refractivity contribution is -0.121. The van der Waals surface area contributed by atoms with Gasteiger partial charge in [0.1, 0.15) is 11.1 Å². The number of nitrogens with zero attached hydrogens (tertiary/aromatic N) is 1. The fourth-order valence-corrected chi connectivity index (χ4v) is 2.33. The number of carbonyl (C=O) groups is 1. The van der Waals surface area contributed by atoms with Crippen molar-refractivity contribution in [3.8, 4) is 6.07 Å². The fourth-order valence-electron chi connectivity index (χ4n) is 1.60. The highest BCUT2D eigenvalue weighted by Crippen LogP contribution is 2.39. The van der Waals surface area contributed by atoms with Crippen molar-refractivity contribution in [1.82, 2.24) is 0 Å². The van der Waals surface area contributed by atoms with Crippen molar-refractivity contribution < 1.29 is 4.79 Å². The summed E-state index contributed by atoms with van der Waals surface area (Å²) in [6.07, 6.45) is 2.02. The molecule has 1 aromatic rings. The van der Waals surface area contributed by atoms with Crippen LogP contribution in [0.1, 0.15) is 25.3 Å². The Kier molecular flexibility index (Phi) is 2.70. The highest BCUT2D eigenvalue weighted by Gasteiger charge is 2.44. The van der Waals surface area contributed by atoms with E-state index in [9.17, 15) is 4.79 Å². The second-order valence-electron chi connectivity index (χ2n) is 4.29. The highest BCUT2D eigenvalue weighted by molar-refractivity contribution is 7.14. The summed E-state index contributed by atoms with van der Waals surface area (Å²) in [6, 6.07) is 3.72. The Balaban J connectivity index is 2.10. The molecule has 0 radical (unpaired) electrons. The van der Waals surface area contributed by atoms with Crippen LogP contribution < -0.4 is 11.1 Å². The summed E-state index contributed by atoms with van der Waals surface area (Å²) >= 11 is 1.34. The molecule has 0 aromatic carbocycles. The molecule has 4 nitrogen and oxygen atoms in total. The number of nitriles is 1. The van der Waals surface area contributed by atoms with Crippen molar-refractivity contribution in [1.29, 1.82) is 5.26 Å². The molecule has 1 aliphatic rings. The minimum atomic E-state index is -0.823. The molecule has 3 N–H and O–H groups in total. The van der Waals surface area contributed by atoms with Crippen molar-refractivity contribution in [2.24, 2.45) is 11.7 Å². The molecular formula is C11H13N3OS. The van der Waals surface area contributed by atoms with Gasteiger partial charge < -0.3 is 11.1 Å². The predicted octanol–water partition coefficient (Wildman–Crippen LogP) is 1.69. The molecule has 5 heteroatoms. The fraction of sp³-hybridized carbons (Fsp3) is 0.455. The number of thiophene rings is 1. The summed E-state index contributed by atoms with van der Waals surface area (Å²) in [5, 5.41) is 13.9. The molecule has 1 saturated carbocycles. The number of nitrogens with two attached hydrogens (primary N) is 1. The number of hydrogen-bond acceptors (Lipinski definition) is 4. The first kappa shape index (κ1) is 11.1. The Bertz CT molecular complexity index is 454. The molecule has 84 valence electrons. The Morgan fingerprint density at radius 2 is 2.44 bits per heavy atom. The largest absolute Gasteiger partial charge is 0.317 e. The van der Waals surface area contributed by atoms with Crippen LogP contribution in [0.5, 0.6) is 0 Å². The van der Waals surface area contributed by atoms with Gasteiger partial charge in [-0.1, -0.05) is 0 Å². The summed E-state index contributed by atoms with van der Waals surface area (Å²) in [7, 11) is 0. The van der Waals surface area contributed by atoms with Crippen LogP contribution in [0.2, 0.25) is 0 Å². The lowest BCUT2D eigenvalue weighted by atomic mass is 9.96. The zero-order chi connectivity index (χ0) is 11.8. The van der Waals surface area contributed by atoms with Gasteiger partial charge in [0.2, 0.25) is 5.91 Å². The highest BCUT2D eigenvalue weighted by atomic mass is 32.1. The molecule has 16 heavy (non-hydrogen) atoms. The summed E-state index contributed by atoms with van der Waals surface area (Å²) in [5.74, 6) is 0.0759. The van der Waals surface area contributed by atoms with E-state index in [1.807, 2.05) is 6.07 Å². The molecule has 1 atom stereocenters. The first-order valence-corrected chi connectivity index (χ1v) is 6.01. The number of amides is 1. The van der Waals surface area contributed by atoms with E-state index in [2.05, 4.69) is 5.32 Å². The third-order valence-corrected chi connectivity index (χ3v) is 3.76. The topological polar surface area (TPSA) is 78.9 Å². The van der Waals surface area contributed by atoms with Crippen LogP contribution in [0.25, 0.3) is 0 Å². The van der Waals surface area contributed by atoms with Crippen molar-refractivity contribution in [3.63, 3.8) is 0 Å². The SMILES string of the molecule is CC(N)(C(=O)Nc1sccc1C#N)C1CC1. The first-order chi connectivity index (χ1) is 7.55. The van der Waals surface area contributed by atoms with Gasteiger partial charge in [0.05, 0.1) is 11.1 Å². The van der Waals surface area contributed by atoms with Gasteiger partial charge in [0.25, 0.3) is 0 Å². The zero-order valence-electron chi connectivity index (χ0n) is 8.99. The van der Waals surface area contributed by atoms with Crippen LogP contribution >= 0.6 is 11.3 Å². The van der Waals surface area contributed by atoms with E-state index < -0.39 is 5.54 Å². The number of rotatable bonds is 3. The number of nitrogens with one attached hydrogen (secondary N) is 1. The van der Waals surface area contributed by atoms with E-state index in [1.165, 1.54) is 11.3 Å². The first-order valence-electron chi connectivity index (χ1n) is 5.13. The molecule has 1 aromatic heterocycles. The molecule has 0 aliphatic heterocycles. The van der Waals surface area contributed by atoms with Crippen LogP contribution in [0.3, 0.4) is 0 Å². The monoisotopic (exact) mass is 235 g/mol. The lowest BCUT2D eigenvalue weighted by Gasteiger charge is -2.22. The third kappa shape index (κ3) is 1.94. The van der Waals surface area contributed by atoms with E-state index in [1.54, 1.807) is 18.4 Å². The van der Waals surface area contributed by atoms with Gasteiger partial charge in [-0.15, -0.1) is 11.3 Å². The number of anilines is 1. The second kappa shape index (κ2) is 3.89. The van der Waals surface area contributed by atoms with Gasteiger partial charge in [-0.3, -0.25) is 4.79 Å². The minimum absolute atomic E-state index is 0.200. The van der Waals surface area contributed by atoms with E-state index in [0.717, 1.165) is 12.8 Å². The van der Waals surface area contributed by atoms with Crippen LogP contribution in [-0.4, -0.2) is 11.4 Å². The van der Waals surface area contributed by atoms with Gasteiger partial charge in [-0.25, -0.2) is 0 Å². The molecule has 1 aliphatic carbocycles. The van der Waals surface area contributed by atoms with Crippen molar-refractivity contribution in [3.05, 3.63) is 17.0 Å². The molecule has 1 unspecified atom stereocenters. The Labute approximate surface area is 98.1 Å². The summed E-state index contributed by atoms with van der Waals surface area (Å²) < 4.78 is 0. The summed E-state index contributed by atoms with van der Waals surface area (Å²) in [6.45, 7) is 1.75. The zero-order valence-corrected chi connectivity index (χ0v) is 9.80. The second-order valence-corrected chi connectivity index (χ2v) is 5.20. The van der Waals surface area contributed by atoms with Gasteiger partial charge in [0.15, 0.2) is 0 Å². The van der Waals surface area contributed by atoms with E-state index in [-0.39, 0.29) is 11.8 Å². The Morgan fingerprint density at radius 1 is 1.75 bits per heavy atom. The number of carbonyl (C=O) groups excluding carboxylic acids is 1. The smallest absolute Gasteiger partial charge is 0.245 e. The van der Waals surface area contributed by atoms with E-state index in [4.69, 9.17) is 11.0 Å². The van der Waals surface area contributed by atoms with Gasteiger partial charge >= 0.3 is 0 Å². The van der Waals surface area contributed by atoms with Crippen molar-refractivity contribution in [2.75, 3.05) is 5.32 Å². The quantitative estimate of drug-likeness (QED) is 0.836. The van der Waals surface area contributed by atoms with Gasteiger partial charge in [-0.05, 0) is 37.1 Å². The van der Waals surface area contributed by atoms with Crippen LogP contribution in [0.4, 0.5) is 5.00 Å². The minimum Gasteiger partial charge on any atom is -0.317 e. The molecule has 0 bridgehead atoms. The third-order valence-electron chi connectivity index (χ3n) is 2.93. The summed E-state index contributed by atoms with van der Waals surface area (Å²) in [5.41, 5.74) is 5.65. The van der Waals surface area contributed by atoms with Crippen LogP contribution in [0.15, 0.2) is 11.4 Å². The lowest BCUT2D eigenvalue weighted by Crippen LogP contribution is -2.50. The van der Waals surface area contributed by atoms with Crippen LogP contribution in [0, 0.1) is 17.2 Å². The van der Waals surface area contributed by atoms with Crippen LogP contribution in [-0.2, 0) is 4.79 Å². The molecule has 1 heterocycles. The van der Waals surface area contributed by atoms with Gasteiger partial charge in [-0.2, -0.15) is 5.26 Å². The average molecular weight is 235 g/mol. The molecule has 1 fully saturated rings. The maximum absolute atomic E-state index is 11.9. The van der Waals surface area contributed by atoms with Crippen molar-refractivity contribution >= 4 is 22.2 Å².